The molecular formula is C21H30N4O2. The fourth-order valence-electron chi connectivity index (χ4n) is 4.59. The van der Waals surface area contributed by atoms with E-state index in [-0.39, 0.29) is 0 Å². The molecule has 2 aromatic heterocycles. The number of piperidine rings is 1. The maximum absolute atomic E-state index is 5.63. The second-order valence-corrected chi connectivity index (χ2v) is 7.93. The van der Waals surface area contributed by atoms with Crippen molar-refractivity contribution in [2.45, 2.75) is 64.8 Å². The number of hydrogen-bond donors (Lipinski definition) is 0. The van der Waals surface area contributed by atoms with Gasteiger partial charge in [-0.15, -0.1) is 0 Å². The van der Waals surface area contributed by atoms with Crippen molar-refractivity contribution in [2.75, 3.05) is 26.3 Å². The number of aromatic nitrogens is 3. The molecule has 6 heteroatoms. The summed E-state index contributed by atoms with van der Waals surface area (Å²) in [6.45, 7) is 10.0. The Labute approximate surface area is 161 Å². The third kappa shape index (κ3) is 4.06. The topological polar surface area (TPSA) is 64.3 Å². The minimum absolute atomic E-state index is 0.504. The van der Waals surface area contributed by atoms with Crippen molar-refractivity contribution < 1.29 is 9.26 Å². The van der Waals surface area contributed by atoms with E-state index in [2.05, 4.69) is 21.1 Å². The molecule has 27 heavy (non-hydrogen) atoms. The minimum atomic E-state index is 0.504. The summed E-state index contributed by atoms with van der Waals surface area (Å²) in [4.78, 5) is 12.1. The summed E-state index contributed by atoms with van der Waals surface area (Å²) in [5.74, 6) is 2.15. The van der Waals surface area contributed by atoms with Gasteiger partial charge in [0.05, 0.1) is 17.0 Å². The van der Waals surface area contributed by atoms with Crippen molar-refractivity contribution in [2.24, 2.45) is 0 Å². The SMILES string of the molecule is Cc1nc(-c2c(C)noc2C)cc(C2CCN(C3CCCOCC3)CC2)n1. The lowest BCUT2D eigenvalue weighted by atomic mass is 9.90. The van der Waals surface area contributed by atoms with Crippen molar-refractivity contribution in [1.29, 1.82) is 0 Å². The summed E-state index contributed by atoms with van der Waals surface area (Å²) in [6, 6.07) is 2.85. The Hall–Kier alpha value is -1.79. The van der Waals surface area contributed by atoms with Gasteiger partial charge in [-0.1, -0.05) is 5.16 Å². The van der Waals surface area contributed by atoms with Crippen LogP contribution in [0.5, 0.6) is 0 Å². The van der Waals surface area contributed by atoms with Gasteiger partial charge in [0.1, 0.15) is 11.6 Å². The maximum atomic E-state index is 5.63. The lowest BCUT2D eigenvalue weighted by Gasteiger charge is -2.37. The Balaban J connectivity index is 1.48. The monoisotopic (exact) mass is 370 g/mol. The normalized spacial score (nSPS) is 22.7. The zero-order valence-electron chi connectivity index (χ0n) is 16.7. The summed E-state index contributed by atoms with van der Waals surface area (Å²) >= 11 is 0. The van der Waals surface area contributed by atoms with Gasteiger partial charge in [0.25, 0.3) is 0 Å². The van der Waals surface area contributed by atoms with E-state index < -0.39 is 0 Å². The van der Waals surface area contributed by atoms with Crippen LogP contribution >= 0.6 is 0 Å². The minimum Gasteiger partial charge on any atom is -0.381 e. The predicted octanol–water partition coefficient (Wildman–Crippen LogP) is 3.81. The predicted molar refractivity (Wildman–Crippen MR) is 104 cm³/mol. The highest BCUT2D eigenvalue weighted by molar-refractivity contribution is 5.64. The zero-order chi connectivity index (χ0) is 18.8. The molecule has 0 aromatic carbocycles. The van der Waals surface area contributed by atoms with Crippen LogP contribution in [0.1, 0.15) is 61.0 Å². The highest BCUT2D eigenvalue weighted by Gasteiger charge is 2.28. The fourth-order valence-corrected chi connectivity index (χ4v) is 4.59. The molecule has 0 N–H and O–H groups in total. The Bertz CT molecular complexity index is 753. The van der Waals surface area contributed by atoms with Gasteiger partial charge in [-0.2, -0.15) is 0 Å². The van der Waals surface area contributed by atoms with Crippen molar-refractivity contribution >= 4 is 0 Å². The molecule has 4 heterocycles. The molecular weight excluding hydrogens is 340 g/mol. The van der Waals surface area contributed by atoms with E-state index in [1.54, 1.807) is 0 Å². The lowest BCUT2D eigenvalue weighted by Crippen LogP contribution is -2.41. The van der Waals surface area contributed by atoms with Crippen molar-refractivity contribution in [1.82, 2.24) is 20.0 Å². The van der Waals surface area contributed by atoms with Crippen LogP contribution in [0.2, 0.25) is 0 Å². The number of aryl methyl sites for hydroxylation is 3. The average molecular weight is 370 g/mol. The molecule has 0 saturated carbocycles. The largest absolute Gasteiger partial charge is 0.381 e. The van der Waals surface area contributed by atoms with Gasteiger partial charge in [0, 0.05) is 30.9 Å². The number of nitrogens with zero attached hydrogens (tertiary/aromatic N) is 4. The van der Waals surface area contributed by atoms with E-state index in [9.17, 15) is 0 Å². The third-order valence-corrected chi connectivity index (χ3v) is 6.03. The Morgan fingerprint density at radius 2 is 1.81 bits per heavy atom. The highest BCUT2D eigenvalue weighted by atomic mass is 16.5. The van der Waals surface area contributed by atoms with E-state index in [1.807, 2.05) is 20.8 Å². The summed E-state index contributed by atoms with van der Waals surface area (Å²) in [5.41, 5.74) is 4.01. The quantitative estimate of drug-likeness (QED) is 0.819. The molecule has 0 bridgehead atoms. The summed E-state index contributed by atoms with van der Waals surface area (Å²) in [6.07, 6.45) is 5.96. The number of rotatable bonds is 3. The molecule has 0 spiro atoms. The number of ether oxygens (including phenoxy) is 1. The second kappa shape index (κ2) is 8.07. The van der Waals surface area contributed by atoms with Crippen LogP contribution < -0.4 is 0 Å². The first-order valence-corrected chi connectivity index (χ1v) is 10.2. The van der Waals surface area contributed by atoms with Crippen LogP contribution in [0.25, 0.3) is 11.3 Å². The summed E-state index contributed by atoms with van der Waals surface area (Å²) in [7, 11) is 0. The van der Waals surface area contributed by atoms with E-state index in [1.165, 1.54) is 25.0 Å². The van der Waals surface area contributed by atoms with Crippen LogP contribution in [0.15, 0.2) is 10.6 Å². The highest BCUT2D eigenvalue weighted by Crippen LogP contribution is 2.32. The maximum Gasteiger partial charge on any atom is 0.143 e. The number of likely N-dealkylation sites (tertiary alicyclic amines) is 1. The van der Waals surface area contributed by atoms with Crippen LogP contribution in [-0.4, -0.2) is 52.4 Å². The Kier molecular flexibility index (Phi) is 5.55. The second-order valence-electron chi connectivity index (χ2n) is 7.93. The van der Waals surface area contributed by atoms with Gasteiger partial charge in [0.15, 0.2) is 0 Å². The molecule has 1 unspecified atom stereocenters. The standard InChI is InChI=1S/C21H30N4O2/c1-14-21(15(2)27-24-14)20-13-19(22-16(3)23-20)17-6-9-25(10-7-17)18-5-4-11-26-12-8-18/h13,17-18H,4-12H2,1-3H3. The molecule has 146 valence electrons. The molecule has 6 nitrogen and oxygen atoms in total. The first-order valence-electron chi connectivity index (χ1n) is 10.2. The van der Waals surface area contributed by atoms with E-state index >= 15 is 0 Å². The average Bonchev–Trinajstić information content (AvgIpc) is 2.87. The van der Waals surface area contributed by atoms with Crippen LogP contribution in [0.3, 0.4) is 0 Å². The van der Waals surface area contributed by atoms with Crippen LogP contribution in [0, 0.1) is 20.8 Å². The first-order chi connectivity index (χ1) is 13.1. The number of hydrogen-bond acceptors (Lipinski definition) is 6. The van der Waals surface area contributed by atoms with Crippen LogP contribution in [-0.2, 0) is 4.74 Å². The first kappa shape index (κ1) is 18.6. The van der Waals surface area contributed by atoms with Crippen molar-refractivity contribution in [3.05, 3.63) is 29.0 Å². The molecule has 2 aromatic rings. The van der Waals surface area contributed by atoms with Gasteiger partial charge in [-0.3, -0.25) is 0 Å². The molecule has 4 rings (SSSR count). The van der Waals surface area contributed by atoms with E-state index in [0.29, 0.717) is 12.0 Å². The van der Waals surface area contributed by atoms with Gasteiger partial charge in [-0.25, -0.2) is 9.97 Å². The molecule has 1 atom stereocenters. The molecule has 2 saturated heterocycles. The molecule has 0 radical (unpaired) electrons. The molecule has 0 amide bonds. The molecule has 2 fully saturated rings. The van der Waals surface area contributed by atoms with Crippen molar-refractivity contribution in [3.63, 3.8) is 0 Å². The lowest BCUT2D eigenvalue weighted by molar-refractivity contribution is 0.115. The van der Waals surface area contributed by atoms with Gasteiger partial charge < -0.3 is 14.2 Å². The van der Waals surface area contributed by atoms with Crippen LogP contribution in [0.4, 0.5) is 0 Å². The Morgan fingerprint density at radius 3 is 2.56 bits per heavy atom. The van der Waals surface area contributed by atoms with Gasteiger partial charge >= 0.3 is 0 Å². The molecule has 0 aliphatic carbocycles. The van der Waals surface area contributed by atoms with E-state index in [4.69, 9.17) is 14.2 Å². The summed E-state index contributed by atoms with van der Waals surface area (Å²) in [5, 5.41) is 4.08. The third-order valence-electron chi connectivity index (χ3n) is 6.03. The smallest absolute Gasteiger partial charge is 0.143 e. The summed E-state index contributed by atoms with van der Waals surface area (Å²) < 4.78 is 11.0. The fraction of sp³-hybridized carbons (Fsp3) is 0.667. The van der Waals surface area contributed by atoms with Gasteiger partial charge in [0.2, 0.25) is 0 Å². The Morgan fingerprint density at radius 1 is 1.00 bits per heavy atom. The van der Waals surface area contributed by atoms with Crippen molar-refractivity contribution in [3.8, 4) is 11.3 Å². The van der Waals surface area contributed by atoms with Gasteiger partial charge in [-0.05, 0) is 72.0 Å². The molecule has 2 aliphatic heterocycles. The zero-order valence-corrected chi connectivity index (χ0v) is 16.7. The molecule has 2 aliphatic rings. The van der Waals surface area contributed by atoms with E-state index in [0.717, 1.165) is 67.7 Å².